The minimum absolute atomic E-state index is 0.703. The summed E-state index contributed by atoms with van der Waals surface area (Å²) in [6, 6.07) is 34.2. The number of quaternary nitrogens is 2. The minimum atomic E-state index is 0.703. The Morgan fingerprint density at radius 1 is 0.491 bits per heavy atom. The number of H-pyrrole nitrogens is 4. The third-order valence-electron chi connectivity index (χ3n) is 10.6. The van der Waals surface area contributed by atoms with E-state index >= 15 is 0 Å². The fourth-order valence-electron chi connectivity index (χ4n) is 7.59. The Labute approximate surface area is 337 Å². The smallest absolute Gasteiger partial charge is 0.119 e. The molecule has 0 atom stereocenters. The van der Waals surface area contributed by atoms with Crippen molar-refractivity contribution in [1.29, 1.82) is 0 Å². The van der Waals surface area contributed by atoms with Gasteiger partial charge in [-0.05, 0) is 110 Å². The zero-order chi connectivity index (χ0) is 40.0. The lowest BCUT2D eigenvalue weighted by atomic mass is 10.0. The van der Waals surface area contributed by atoms with E-state index in [1.54, 1.807) is 0 Å². The molecule has 57 heavy (non-hydrogen) atoms. The van der Waals surface area contributed by atoms with E-state index in [-0.39, 0.29) is 0 Å². The van der Waals surface area contributed by atoms with Gasteiger partial charge in [0.15, 0.2) is 0 Å². The summed E-state index contributed by atoms with van der Waals surface area (Å²) in [5.41, 5.74) is 8.49. The molecule has 1 aliphatic rings. The lowest BCUT2D eigenvalue weighted by Gasteiger charge is -2.30. The van der Waals surface area contributed by atoms with Gasteiger partial charge in [0.25, 0.3) is 0 Å². The van der Waals surface area contributed by atoms with Crippen molar-refractivity contribution in [2.24, 2.45) is 0 Å². The van der Waals surface area contributed by atoms with Crippen molar-refractivity contribution in [2.45, 2.75) is 19.3 Å². The molecule has 4 aromatic heterocycles. The Morgan fingerprint density at radius 3 is 1.40 bits per heavy atom. The van der Waals surface area contributed by atoms with E-state index in [4.69, 9.17) is 9.47 Å². The highest BCUT2D eigenvalue weighted by molar-refractivity contribution is 5.79. The second-order valence-corrected chi connectivity index (χ2v) is 17.4. The van der Waals surface area contributed by atoms with E-state index in [2.05, 4.69) is 183 Å². The van der Waals surface area contributed by atoms with Crippen molar-refractivity contribution >= 4 is 23.3 Å². The van der Waals surface area contributed by atoms with E-state index < -0.39 is 0 Å². The Hall–Kier alpha value is -5.48. The second-order valence-electron chi connectivity index (χ2n) is 17.4. The van der Waals surface area contributed by atoms with Crippen LogP contribution in [-0.2, 0) is 0 Å². The first kappa shape index (κ1) is 39.7. The monoisotopic (exact) mass is 767 g/mol. The van der Waals surface area contributed by atoms with Gasteiger partial charge < -0.3 is 43.3 Å². The van der Waals surface area contributed by atoms with Crippen molar-refractivity contribution in [3.05, 3.63) is 152 Å². The van der Waals surface area contributed by atoms with Crippen LogP contribution in [0.15, 0.2) is 97.1 Å². The molecule has 0 spiro atoms. The minimum Gasteiger partial charge on any atom is -0.493 e. The second kappa shape index (κ2) is 17.3. The van der Waals surface area contributed by atoms with Crippen LogP contribution >= 0.6 is 0 Å². The Kier molecular flexibility index (Phi) is 12.1. The summed E-state index contributed by atoms with van der Waals surface area (Å²) in [6.45, 7) is 5.87. The third kappa shape index (κ3) is 10.7. The summed E-state index contributed by atoms with van der Waals surface area (Å²) in [5.74, 6) is 1.78. The predicted octanol–water partition coefficient (Wildman–Crippen LogP) is 4.74. The Balaban J connectivity index is 1.15. The fraction of sp³-hybridized carbons (Fsp3) is 0.333. The molecule has 8 bridgehead atoms. The van der Waals surface area contributed by atoms with Crippen LogP contribution in [0.5, 0.6) is 11.5 Å². The highest BCUT2D eigenvalue weighted by Crippen LogP contribution is 2.25. The first-order valence-corrected chi connectivity index (χ1v) is 20.3. The normalized spacial score (nSPS) is 13.1. The SMILES string of the molecule is CN(C)CCC[N+](C)(C)CCCOc1ccc(C2=c3ccc([nH]3)=Cc3ccc([nH]3)C(c3ccc(OCCC[N+](C)(C)C)cc3)=c3ccc([nH]3)=Cc3ccc2[nH]3)cc1. The molecule has 0 radical (unpaired) electrons. The maximum atomic E-state index is 6.23. The van der Waals surface area contributed by atoms with Gasteiger partial charge in [-0.1, -0.05) is 24.3 Å². The van der Waals surface area contributed by atoms with Crippen LogP contribution in [0.3, 0.4) is 0 Å². The number of aromatic nitrogens is 4. The summed E-state index contributed by atoms with van der Waals surface area (Å²) in [7, 11) is 15.5. The van der Waals surface area contributed by atoms with Gasteiger partial charge in [-0.15, -0.1) is 0 Å². The lowest BCUT2D eigenvalue weighted by Crippen LogP contribution is -2.42. The molecular formula is C48H61N7O2+2. The number of nitrogens with one attached hydrogen (secondary N) is 4. The van der Waals surface area contributed by atoms with Gasteiger partial charge in [0, 0.05) is 81.1 Å². The highest BCUT2D eigenvalue weighted by Gasteiger charge is 2.16. The van der Waals surface area contributed by atoms with E-state index in [1.165, 1.54) is 13.0 Å². The number of aromatic amines is 4. The standard InChI is InChI=1S/C48H61N7O2/c1-53(2)27-8-29-55(6,7)30-10-32-57-42-21-13-36(14-22-42)48-45-25-17-39(51-45)33-37-15-23-43(49-37)47(44-24-16-38(50-44)34-40-18-26-46(48)52-40)35-11-19-41(20-12-35)56-31-9-28-54(3,4)5/h11-26,33-34,49-52H,8-10,27-32H2,1-7H3/q+2. The van der Waals surface area contributed by atoms with E-state index in [0.29, 0.717) is 13.2 Å². The van der Waals surface area contributed by atoms with E-state index in [9.17, 15) is 0 Å². The van der Waals surface area contributed by atoms with Crippen molar-refractivity contribution in [1.82, 2.24) is 24.8 Å². The third-order valence-corrected chi connectivity index (χ3v) is 10.6. The first-order chi connectivity index (χ1) is 27.4. The predicted molar refractivity (Wildman–Crippen MR) is 233 cm³/mol. The average molecular weight is 768 g/mol. The van der Waals surface area contributed by atoms with Crippen LogP contribution in [0.25, 0.3) is 23.3 Å². The maximum absolute atomic E-state index is 6.23. The molecule has 0 saturated carbocycles. The number of nitrogens with zero attached hydrogens (tertiary/aromatic N) is 3. The summed E-state index contributed by atoms with van der Waals surface area (Å²) < 4.78 is 14.3. The zero-order valence-corrected chi connectivity index (χ0v) is 34.9. The highest BCUT2D eigenvalue weighted by atomic mass is 16.5. The van der Waals surface area contributed by atoms with Gasteiger partial charge in [0.1, 0.15) is 11.5 Å². The summed E-state index contributed by atoms with van der Waals surface area (Å²) in [6.07, 6.45) is 7.55. The van der Waals surface area contributed by atoms with E-state index in [0.717, 1.165) is 119 Å². The number of benzene rings is 2. The fourth-order valence-corrected chi connectivity index (χ4v) is 7.59. The van der Waals surface area contributed by atoms with Crippen LogP contribution in [0, 0.1) is 0 Å². The average Bonchev–Trinajstić information content (AvgIpc) is 4.00. The maximum Gasteiger partial charge on any atom is 0.119 e. The van der Waals surface area contributed by atoms with Crippen LogP contribution in [0.1, 0.15) is 53.2 Å². The molecule has 9 nitrogen and oxygen atoms in total. The molecule has 4 N–H and O–H groups in total. The van der Waals surface area contributed by atoms with E-state index in [1.807, 2.05) is 0 Å². The van der Waals surface area contributed by atoms with Crippen LogP contribution in [-0.4, -0.2) is 123 Å². The van der Waals surface area contributed by atoms with Gasteiger partial charge >= 0.3 is 0 Å². The molecule has 6 aromatic rings. The Bertz CT molecular complexity index is 2490. The zero-order valence-electron chi connectivity index (χ0n) is 34.9. The summed E-state index contributed by atoms with van der Waals surface area (Å²) in [4.78, 5) is 17.1. The van der Waals surface area contributed by atoms with Crippen molar-refractivity contribution in [2.75, 3.05) is 88.7 Å². The molecule has 1 aliphatic heterocycles. The Morgan fingerprint density at radius 2 is 0.947 bits per heavy atom. The molecule has 2 aromatic carbocycles. The molecule has 0 unspecified atom stereocenters. The molecular weight excluding hydrogens is 707 g/mol. The number of rotatable bonds is 16. The van der Waals surface area contributed by atoms with Gasteiger partial charge in [0.05, 0.1) is 68.1 Å². The molecule has 0 saturated heterocycles. The van der Waals surface area contributed by atoms with Crippen molar-refractivity contribution in [3.63, 3.8) is 0 Å². The quantitative estimate of drug-likeness (QED) is 0.0848. The number of fused-ring (bicyclic) bond motifs is 8. The van der Waals surface area contributed by atoms with Crippen LogP contribution < -0.4 is 30.9 Å². The van der Waals surface area contributed by atoms with Gasteiger partial charge in [-0.3, -0.25) is 0 Å². The molecule has 5 heterocycles. The number of hydrogen-bond acceptors (Lipinski definition) is 3. The number of ether oxygens (including phenoxy) is 2. The van der Waals surface area contributed by atoms with Crippen molar-refractivity contribution in [3.8, 4) is 11.5 Å². The molecule has 9 heteroatoms. The molecule has 0 fully saturated rings. The summed E-state index contributed by atoms with van der Waals surface area (Å²) >= 11 is 0. The lowest BCUT2D eigenvalue weighted by molar-refractivity contribution is -0.890. The van der Waals surface area contributed by atoms with Crippen molar-refractivity contribution < 1.29 is 18.4 Å². The van der Waals surface area contributed by atoms with Crippen LogP contribution in [0.4, 0.5) is 0 Å². The molecule has 298 valence electrons. The van der Waals surface area contributed by atoms with Gasteiger partial charge in [-0.2, -0.15) is 0 Å². The molecule has 0 aliphatic carbocycles. The molecule has 7 rings (SSSR count). The topological polar surface area (TPSA) is 84.9 Å². The first-order valence-electron chi connectivity index (χ1n) is 20.3. The molecule has 0 amide bonds. The van der Waals surface area contributed by atoms with Gasteiger partial charge in [-0.25, -0.2) is 0 Å². The summed E-state index contributed by atoms with van der Waals surface area (Å²) in [5, 5.41) is 4.09. The van der Waals surface area contributed by atoms with Gasteiger partial charge in [0.2, 0.25) is 0 Å². The van der Waals surface area contributed by atoms with Crippen LogP contribution in [0.2, 0.25) is 0 Å². The largest absolute Gasteiger partial charge is 0.493 e. The number of hydrogen-bond donors (Lipinski definition) is 4.